The zero-order chi connectivity index (χ0) is 24.7. The van der Waals surface area contributed by atoms with Crippen molar-refractivity contribution in [2.24, 2.45) is 5.10 Å². The maximum absolute atomic E-state index is 13.2. The molecule has 7 nitrogen and oxygen atoms in total. The van der Waals surface area contributed by atoms with Crippen LogP contribution in [0.5, 0.6) is 5.75 Å². The van der Waals surface area contributed by atoms with Crippen molar-refractivity contribution in [3.63, 3.8) is 0 Å². The van der Waals surface area contributed by atoms with E-state index >= 15 is 0 Å². The Morgan fingerprint density at radius 1 is 0.914 bits per heavy atom. The predicted molar refractivity (Wildman–Crippen MR) is 132 cm³/mol. The van der Waals surface area contributed by atoms with E-state index in [2.05, 4.69) is 15.2 Å². The van der Waals surface area contributed by atoms with Crippen molar-refractivity contribution in [3.05, 3.63) is 108 Å². The SMILES string of the molecule is O=C(CNS(=O)(=O)c1ccccc1)NN=Cc1c(OCc2ccc(F)cc2)ccc2ccccc12. The fourth-order valence-electron chi connectivity index (χ4n) is 3.33. The Hall–Kier alpha value is -4.08. The minimum atomic E-state index is -3.81. The summed E-state index contributed by atoms with van der Waals surface area (Å²) in [6.07, 6.45) is 1.45. The number of carbonyl (C=O) groups excluding carboxylic acids is 1. The van der Waals surface area contributed by atoms with E-state index in [1.54, 1.807) is 36.4 Å². The molecule has 0 radical (unpaired) electrons. The third kappa shape index (κ3) is 6.28. The summed E-state index contributed by atoms with van der Waals surface area (Å²) in [5, 5.41) is 5.81. The van der Waals surface area contributed by atoms with Crippen LogP contribution in [0.4, 0.5) is 4.39 Å². The molecule has 1 amide bonds. The fraction of sp³-hybridized carbons (Fsp3) is 0.0769. The molecular formula is C26H22FN3O4S. The minimum Gasteiger partial charge on any atom is -0.488 e. The van der Waals surface area contributed by atoms with E-state index in [1.807, 2.05) is 30.3 Å². The van der Waals surface area contributed by atoms with Gasteiger partial charge in [0.2, 0.25) is 10.0 Å². The van der Waals surface area contributed by atoms with Gasteiger partial charge in [0.1, 0.15) is 18.2 Å². The van der Waals surface area contributed by atoms with E-state index in [0.29, 0.717) is 11.3 Å². The summed E-state index contributed by atoms with van der Waals surface area (Å²) in [5.41, 5.74) is 3.76. The highest BCUT2D eigenvalue weighted by Gasteiger charge is 2.14. The molecule has 0 aliphatic heterocycles. The van der Waals surface area contributed by atoms with Crippen molar-refractivity contribution < 1.29 is 22.3 Å². The van der Waals surface area contributed by atoms with Crippen molar-refractivity contribution in [1.29, 1.82) is 0 Å². The molecule has 4 aromatic carbocycles. The van der Waals surface area contributed by atoms with Gasteiger partial charge in [0.15, 0.2) is 0 Å². The van der Waals surface area contributed by atoms with Crippen LogP contribution in [0.25, 0.3) is 10.8 Å². The highest BCUT2D eigenvalue weighted by molar-refractivity contribution is 7.89. The van der Waals surface area contributed by atoms with Crippen LogP contribution in [-0.4, -0.2) is 27.1 Å². The number of nitrogens with zero attached hydrogens (tertiary/aromatic N) is 1. The number of hydrogen-bond acceptors (Lipinski definition) is 5. The Morgan fingerprint density at radius 2 is 1.63 bits per heavy atom. The molecular weight excluding hydrogens is 469 g/mol. The molecule has 0 fully saturated rings. The summed E-state index contributed by atoms with van der Waals surface area (Å²) in [7, 11) is -3.81. The molecule has 0 spiro atoms. The van der Waals surface area contributed by atoms with E-state index in [9.17, 15) is 17.6 Å². The molecule has 0 saturated heterocycles. The second-order valence-electron chi connectivity index (χ2n) is 7.54. The first-order valence-corrected chi connectivity index (χ1v) is 12.2. The molecule has 178 valence electrons. The highest BCUT2D eigenvalue weighted by Crippen LogP contribution is 2.27. The molecule has 0 saturated carbocycles. The quantitative estimate of drug-likeness (QED) is 0.273. The van der Waals surface area contributed by atoms with E-state index < -0.39 is 22.5 Å². The lowest BCUT2D eigenvalue weighted by Crippen LogP contribution is -2.34. The van der Waals surface area contributed by atoms with Gasteiger partial charge in [-0.2, -0.15) is 5.10 Å². The molecule has 35 heavy (non-hydrogen) atoms. The third-order valence-corrected chi connectivity index (χ3v) is 6.51. The van der Waals surface area contributed by atoms with E-state index in [4.69, 9.17) is 4.74 Å². The normalized spacial score (nSPS) is 11.6. The first-order valence-electron chi connectivity index (χ1n) is 10.7. The van der Waals surface area contributed by atoms with Crippen LogP contribution in [0.15, 0.2) is 101 Å². The number of halogens is 1. The fourth-order valence-corrected chi connectivity index (χ4v) is 4.33. The summed E-state index contributed by atoms with van der Waals surface area (Å²) < 4.78 is 45.9. The largest absolute Gasteiger partial charge is 0.488 e. The molecule has 0 aromatic heterocycles. The number of ether oxygens (including phenoxy) is 1. The molecule has 0 unspecified atom stereocenters. The Balaban J connectivity index is 1.46. The predicted octanol–water partition coefficient (Wildman–Crippen LogP) is 3.99. The number of fused-ring (bicyclic) bond motifs is 1. The average molecular weight is 492 g/mol. The zero-order valence-electron chi connectivity index (χ0n) is 18.5. The van der Waals surface area contributed by atoms with Gasteiger partial charge in [-0.3, -0.25) is 4.79 Å². The lowest BCUT2D eigenvalue weighted by Gasteiger charge is -2.12. The smallest absolute Gasteiger partial charge is 0.255 e. The van der Waals surface area contributed by atoms with Crippen LogP contribution in [-0.2, 0) is 21.4 Å². The van der Waals surface area contributed by atoms with Gasteiger partial charge in [-0.25, -0.2) is 23.0 Å². The highest BCUT2D eigenvalue weighted by atomic mass is 32.2. The van der Waals surface area contributed by atoms with Gasteiger partial charge in [0.05, 0.1) is 17.7 Å². The molecule has 4 rings (SSSR count). The van der Waals surface area contributed by atoms with Crippen LogP contribution in [0.2, 0.25) is 0 Å². The number of hydrazone groups is 1. The standard InChI is InChI=1S/C26H22FN3O4S/c27-21-13-10-19(11-14-21)18-34-25-15-12-20-6-4-5-9-23(20)24(25)16-28-30-26(31)17-29-35(32,33)22-7-2-1-3-8-22/h1-16,29H,17-18H2,(H,30,31). The summed E-state index contributed by atoms with van der Waals surface area (Å²) in [6.45, 7) is -0.259. The lowest BCUT2D eigenvalue weighted by molar-refractivity contribution is -0.119. The summed E-state index contributed by atoms with van der Waals surface area (Å²) >= 11 is 0. The molecule has 0 atom stereocenters. The monoisotopic (exact) mass is 491 g/mol. The minimum absolute atomic E-state index is 0.0648. The Kier molecular flexibility index (Phi) is 7.49. The van der Waals surface area contributed by atoms with Crippen molar-refractivity contribution in [1.82, 2.24) is 10.1 Å². The van der Waals surface area contributed by atoms with Gasteiger partial charge in [-0.05, 0) is 46.7 Å². The van der Waals surface area contributed by atoms with E-state index in [1.165, 1.54) is 30.5 Å². The molecule has 0 aliphatic rings. The molecule has 2 N–H and O–H groups in total. The Morgan fingerprint density at radius 3 is 2.40 bits per heavy atom. The van der Waals surface area contributed by atoms with Crippen molar-refractivity contribution in [2.45, 2.75) is 11.5 Å². The number of carbonyl (C=O) groups is 1. The van der Waals surface area contributed by atoms with E-state index in [0.717, 1.165) is 16.3 Å². The van der Waals surface area contributed by atoms with Gasteiger partial charge >= 0.3 is 0 Å². The topological polar surface area (TPSA) is 96.9 Å². The molecule has 0 bridgehead atoms. The second-order valence-corrected chi connectivity index (χ2v) is 9.31. The number of hydrogen-bond donors (Lipinski definition) is 2. The summed E-state index contributed by atoms with van der Waals surface area (Å²) in [5.74, 6) is -0.431. The van der Waals surface area contributed by atoms with Crippen LogP contribution in [0, 0.1) is 5.82 Å². The lowest BCUT2D eigenvalue weighted by atomic mass is 10.0. The number of amides is 1. The maximum atomic E-state index is 13.2. The first kappa shape index (κ1) is 24.1. The number of nitrogens with one attached hydrogen (secondary N) is 2. The molecule has 0 aliphatic carbocycles. The second kappa shape index (κ2) is 10.9. The third-order valence-electron chi connectivity index (χ3n) is 5.10. The van der Waals surface area contributed by atoms with Gasteiger partial charge in [0, 0.05) is 5.56 Å². The molecule has 0 heterocycles. The van der Waals surface area contributed by atoms with Gasteiger partial charge in [0.25, 0.3) is 5.91 Å². The number of rotatable bonds is 9. The van der Waals surface area contributed by atoms with Crippen LogP contribution < -0.4 is 14.9 Å². The number of benzene rings is 4. The average Bonchev–Trinajstić information content (AvgIpc) is 2.88. The zero-order valence-corrected chi connectivity index (χ0v) is 19.3. The van der Waals surface area contributed by atoms with E-state index in [-0.39, 0.29) is 17.3 Å². The van der Waals surface area contributed by atoms with Gasteiger partial charge in [-0.15, -0.1) is 0 Å². The summed E-state index contributed by atoms with van der Waals surface area (Å²) in [4.78, 5) is 12.2. The number of sulfonamides is 1. The molecule has 4 aromatic rings. The van der Waals surface area contributed by atoms with Crippen molar-refractivity contribution >= 4 is 32.9 Å². The van der Waals surface area contributed by atoms with Crippen molar-refractivity contribution in [2.75, 3.05) is 6.54 Å². The van der Waals surface area contributed by atoms with Crippen LogP contribution in [0.1, 0.15) is 11.1 Å². The van der Waals surface area contributed by atoms with Gasteiger partial charge in [-0.1, -0.05) is 60.7 Å². The van der Waals surface area contributed by atoms with Crippen LogP contribution >= 0.6 is 0 Å². The summed E-state index contributed by atoms with van der Waals surface area (Å²) in [6, 6.07) is 25.1. The Bertz CT molecular complexity index is 1460. The van der Waals surface area contributed by atoms with Crippen LogP contribution in [0.3, 0.4) is 0 Å². The molecule has 9 heteroatoms. The Labute approximate surface area is 202 Å². The maximum Gasteiger partial charge on any atom is 0.255 e. The first-order chi connectivity index (χ1) is 16.9. The van der Waals surface area contributed by atoms with Gasteiger partial charge < -0.3 is 4.74 Å². The van der Waals surface area contributed by atoms with Crippen molar-refractivity contribution in [3.8, 4) is 5.75 Å².